The van der Waals surface area contributed by atoms with Crippen molar-refractivity contribution in [1.82, 2.24) is 19.9 Å². The first kappa shape index (κ1) is 28.5. The summed E-state index contributed by atoms with van der Waals surface area (Å²) >= 11 is 1.77. The molecule has 7 aromatic carbocycles. The Labute approximate surface area is 291 Å². The summed E-state index contributed by atoms with van der Waals surface area (Å²) in [6, 6.07) is 53.9. The number of thiophene rings is 1. The van der Waals surface area contributed by atoms with Crippen LogP contribution in [0.1, 0.15) is 0 Å². The van der Waals surface area contributed by atoms with Gasteiger partial charge in [0.1, 0.15) is 5.52 Å². The number of nitrogens with zero attached hydrogens (tertiary/aromatic N) is 4. The van der Waals surface area contributed by atoms with Gasteiger partial charge in [-0.1, -0.05) is 133 Å². The molecule has 0 aliphatic rings. The quantitative estimate of drug-likeness (QED) is 0.184. The summed E-state index contributed by atoms with van der Waals surface area (Å²) in [6.45, 7) is 0. The van der Waals surface area contributed by atoms with Gasteiger partial charge in [0.25, 0.3) is 0 Å². The van der Waals surface area contributed by atoms with Gasteiger partial charge in [0.15, 0.2) is 23.1 Å². The van der Waals surface area contributed by atoms with E-state index in [2.05, 4.69) is 66.7 Å². The fourth-order valence-electron chi connectivity index (χ4n) is 6.83. The number of rotatable bonds is 5. The summed E-state index contributed by atoms with van der Waals surface area (Å²) in [6.07, 6.45) is 0. The van der Waals surface area contributed by atoms with Crippen molar-refractivity contribution in [3.05, 3.63) is 158 Å². The maximum atomic E-state index is 6.60. The number of hydrogen-bond acceptors (Lipinski definition) is 6. The van der Waals surface area contributed by atoms with Crippen molar-refractivity contribution in [2.24, 2.45) is 0 Å². The highest BCUT2D eigenvalue weighted by molar-refractivity contribution is 7.26. The Kier molecular flexibility index (Phi) is 6.60. The highest BCUT2D eigenvalue weighted by Crippen LogP contribution is 2.48. The van der Waals surface area contributed by atoms with E-state index in [9.17, 15) is 0 Å². The predicted octanol–water partition coefficient (Wildman–Crippen LogP) is 11.9. The van der Waals surface area contributed by atoms with Crippen molar-refractivity contribution < 1.29 is 4.42 Å². The van der Waals surface area contributed by atoms with E-state index in [4.69, 9.17) is 24.4 Å². The standard InChI is InChI=1S/C44H26N4OS/c1-4-15-28(16-5-1)41-46-42(29-17-6-2-7-18-29)48-43(47-41)37-31-21-11-10-14-27(31)24-25-32(37)34-26-35-39(49-44(45-35)30-19-8-3-9-20-30)38-33-22-12-13-23-36(33)50-40(34)38/h1-26H. The van der Waals surface area contributed by atoms with Gasteiger partial charge in [-0.3, -0.25) is 0 Å². The molecular weight excluding hydrogens is 633 g/mol. The molecule has 0 N–H and O–H groups in total. The third-order valence-corrected chi connectivity index (χ3v) is 10.4. The Morgan fingerprint density at radius 1 is 0.460 bits per heavy atom. The molecule has 10 rings (SSSR count). The van der Waals surface area contributed by atoms with Crippen molar-refractivity contribution >= 4 is 53.4 Å². The van der Waals surface area contributed by atoms with Crippen LogP contribution in [0.5, 0.6) is 0 Å². The highest BCUT2D eigenvalue weighted by Gasteiger charge is 2.24. The van der Waals surface area contributed by atoms with E-state index >= 15 is 0 Å². The van der Waals surface area contributed by atoms with Crippen LogP contribution in [0.3, 0.4) is 0 Å². The fraction of sp³-hybridized carbons (Fsp3) is 0. The molecule has 0 spiro atoms. The molecule has 0 amide bonds. The Balaban J connectivity index is 1.31. The van der Waals surface area contributed by atoms with Gasteiger partial charge < -0.3 is 4.42 Å². The number of fused-ring (bicyclic) bond motifs is 6. The van der Waals surface area contributed by atoms with E-state index in [0.29, 0.717) is 23.4 Å². The normalized spacial score (nSPS) is 11.6. The Morgan fingerprint density at radius 3 is 1.74 bits per heavy atom. The second-order valence-electron chi connectivity index (χ2n) is 12.2. The van der Waals surface area contributed by atoms with Crippen molar-refractivity contribution in [2.75, 3.05) is 0 Å². The molecule has 0 aliphatic heterocycles. The summed E-state index contributed by atoms with van der Waals surface area (Å²) in [7, 11) is 0. The maximum Gasteiger partial charge on any atom is 0.227 e. The van der Waals surface area contributed by atoms with Gasteiger partial charge in [0.05, 0.1) is 0 Å². The molecule has 50 heavy (non-hydrogen) atoms. The van der Waals surface area contributed by atoms with Gasteiger partial charge in [0, 0.05) is 48.0 Å². The van der Waals surface area contributed by atoms with Crippen LogP contribution in [0.15, 0.2) is 162 Å². The molecule has 5 nitrogen and oxygen atoms in total. The SMILES string of the molecule is c1ccc(-c2nc(-c3ccccc3)nc(-c3c(-c4cc5nc(-c6ccccc6)oc5c5c4sc4ccccc45)ccc4ccccc34)n2)cc1. The molecule has 0 atom stereocenters. The molecule has 0 bridgehead atoms. The van der Waals surface area contributed by atoms with Gasteiger partial charge in [-0.2, -0.15) is 0 Å². The first-order valence-corrected chi connectivity index (χ1v) is 17.3. The fourth-order valence-corrected chi connectivity index (χ4v) is 8.06. The summed E-state index contributed by atoms with van der Waals surface area (Å²) < 4.78 is 8.92. The van der Waals surface area contributed by atoms with Gasteiger partial charge >= 0.3 is 0 Å². The molecule has 234 valence electrons. The third kappa shape index (κ3) is 4.69. The predicted molar refractivity (Wildman–Crippen MR) is 205 cm³/mol. The third-order valence-electron chi connectivity index (χ3n) is 9.16. The molecule has 0 fully saturated rings. The molecular formula is C44H26N4OS. The topological polar surface area (TPSA) is 64.7 Å². The smallest absolute Gasteiger partial charge is 0.227 e. The van der Waals surface area contributed by atoms with Crippen LogP contribution >= 0.6 is 11.3 Å². The number of oxazole rings is 1. The van der Waals surface area contributed by atoms with E-state index < -0.39 is 0 Å². The molecule has 10 aromatic rings. The summed E-state index contributed by atoms with van der Waals surface area (Å²) in [5.41, 5.74) is 7.43. The van der Waals surface area contributed by atoms with E-state index in [0.717, 1.165) is 70.7 Å². The molecule has 0 saturated carbocycles. The molecule has 0 saturated heterocycles. The van der Waals surface area contributed by atoms with Gasteiger partial charge in [-0.15, -0.1) is 11.3 Å². The maximum absolute atomic E-state index is 6.60. The number of benzene rings is 7. The Bertz CT molecular complexity index is 2810. The lowest BCUT2D eigenvalue weighted by molar-refractivity contribution is 0.623. The van der Waals surface area contributed by atoms with Crippen molar-refractivity contribution in [3.63, 3.8) is 0 Å². The zero-order valence-electron chi connectivity index (χ0n) is 26.6. The molecule has 0 aliphatic carbocycles. The molecule has 3 aromatic heterocycles. The Morgan fingerprint density at radius 2 is 1.04 bits per heavy atom. The van der Waals surface area contributed by atoms with Crippen molar-refractivity contribution in [2.45, 2.75) is 0 Å². The average Bonchev–Trinajstić information content (AvgIpc) is 3.80. The minimum atomic E-state index is 0.602. The van der Waals surface area contributed by atoms with Crippen LogP contribution in [-0.4, -0.2) is 19.9 Å². The van der Waals surface area contributed by atoms with E-state index in [-0.39, 0.29) is 0 Å². The van der Waals surface area contributed by atoms with E-state index in [1.54, 1.807) is 11.3 Å². The minimum absolute atomic E-state index is 0.602. The van der Waals surface area contributed by atoms with Crippen LogP contribution in [0.4, 0.5) is 0 Å². The first-order valence-electron chi connectivity index (χ1n) is 16.5. The minimum Gasteiger partial charge on any atom is -0.435 e. The second kappa shape index (κ2) is 11.6. The van der Waals surface area contributed by atoms with Crippen LogP contribution in [-0.2, 0) is 0 Å². The van der Waals surface area contributed by atoms with E-state index in [1.165, 1.54) is 4.70 Å². The molecule has 0 unspecified atom stereocenters. The molecule has 3 heterocycles. The lowest BCUT2D eigenvalue weighted by Crippen LogP contribution is -2.01. The van der Waals surface area contributed by atoms with Gasteiger partial charge in [-0.25, -0.2) is 19.9 Å². The lowest BCUT2D eigenvalue weighted by atomic mass is 9.92. The molecule has 0 radical (unpaired) electrons. The van der Waals surface area contributed by atoms with Crippen LogP contribution in [0.2, 0.25) is 0 Å². The number of hydrogen-bond donors (Lipinski definition) is 0. The van der Waals surface area contributed by atoms with Crippen LogP contribution in [0.25, 0.3) is 98.8 Å². The summed E-state index contributed by atoms with van der Waals surface area (Å²) in [5, 5.41) is 4.39. The van der Waals surface area contributed by atoms with Crippen LogP contribution < -0.4 is 0 Å². The van der Waals surface area contributed by atoms with E-state index in [1.807, 2.05) is 91.0 Å². The van der Waals surface area contributed by atoms with Gasteiger partial charge in [-0.05, 0) is 40.6 Å². The highest BCUT2D eigenvalue weighted by atomic mass is 32.1. The monoisotopic (exact) mass is 658 g/mol. The van der Waals surface area contributed by atoms with Crippen molar-refractivity contribution in [1.29, 1.82) is 0 Å². The zero-order chi connectivity index (χ0) is 33.0. The number of aromatic nitrogens is 4. The van der Waals surface area contributed by atoms with Crippen molar-refractivity contribution in [3.8, 4) is 56.7 Å². The zero-order valence-corrected chi connectivity index (χ0v) is 27.4. The second-order valence-corrected chi connectivity index (χ2v) is 13.3. The van der Waals surface area contributed by atoms with Crippen LogP contribution in [0, 0.1) is 0 Å². The van der Waals surface area contributed by atoms with Gasteiger partial charge in [0.2, 0.25) is 5.89 Å². The first-order chi connectivity index (χ1) is 24.8. The largest absolute Gasteiger partial charge is 0.435 e. The molecule has 6 heteroatoms. The summed E-state index contributed by atoms with van der Waals surface area (Å²) in [4.78, 5) is 20.5. The Hall–Kier alpha value is -6.50. The summed E-state index contributed by atoms with van der Waals surface area (Å²) in [5.74, 6) is 2.47. The lowest BCUT2D eigenvalue weighted by Gasteiger charge is -2.15. The average molecular weight is 659 g/mol.